The van der Waals surface area contributed by atoms with Gasteiger partial charge in [0.1, 0.15) is 5.69 Å². The van der Waals surface area contributed by atoms with Gasteiger partial charge in [-0.15, -0.1) is 0 Å². The lowest BCUT2D eigenvalue weighted by Crippen LogP contribution is -2.55. The third kappa shape index (κ3) is 2.85. The summed E-state index contributed by atoms with van der Waals surface area (Å²) in [5, 5.41) is 2.90. The number of nitrogens with zero attached hydrogens (tertiary/aromatic N) is 3. The minimum absolute atomic E-state index is 0.00259. The Kier molecular flexibility index (Phi) is 4.05. The molecule has 2 atom stereocenters. The Balaban J connectivity index is 1.85. The van der Waals surface area contributed by atoms with E-state index in [9.17, 15) is 4.79 Å². The number of carbonyl (C=O) groups excluding carboxylic acids is 1. The zero-order valence-corrected chi connectivity index (χ0v) is 12.6. The summed E-state index contributed by atoms with van der Waals surface area (Å²) in [5.41, 5.74) is 1.27. The maximum absolute atomic E-state index is 12.8. The third-order valence-corrected chi connectivity index (χ3v) is 4.29. The third-order valence-electron chi connectivity index (χ3n) is 4.29. The normalized spacial score (nSPS) is 25.3. The molecular formula is C15H22N4O2. The first-order valence-corrected chi connectivity index (χ1v) is 7.65. The van der Waals surface area contributed by atoms with Crippen molar-refractivity contribution in [3.63, 3.8) is 0 Å². The molecular weight excluding hydrogens is 268 g/mol. The molecule has 1 saturated heterocycles. The first-order chi connectivity index (χ1) is 10.2. The molecule has 0 spiro atoms. The molecule has 1 aliphatic carbocycles. The van der Waals surface area contributed by atoms with E-state index in [0.29, 0.717) is 24.8 Å². The van der Waals surface area contributed by atoms with Crippen molar-refractivity contribution >= 4 is 11.9 Å². The summed E-state index contributed by atoms with van der Waals surface area (Å²) in [4.78, 5) is 23.3. The van der Waals surface area contributed by atoms with Crippen LogP contribution in [-0.2, 0) is 4.74 Å². The van der Waals surface area contributed by atoms with Crippen LogP contribution in [0.3, 0.4) is 0 Å². The fourth-order valence-corrected chi connectivity index (χ4v) is 3.29. The Bertz CT molecular complexity index is 532. The largest absolute Gasteiger partial charge is 0.374 e. The molecule has 1 aromatic rings. The van der Waals surface area contributed by atoms with Gasteiger partial charge in [-0.1, -0.05) is 12.8 Å². The molecule has 6 heteroatoms. The number of fused-ring (bicyclic) bond motifs is 1. The molecule has 1 amide bonds. The molecule has 0 bridgehead atoms. The van der Waals surface area contributed by atoms with Crippen LogP contribution in [0, 0.1) is 6.92 Å². The van der Waals surface area contributed by atoms with Gasteiger partial charge in [0.2, 0.25) is 5.95 Å². The molecule has 2 aliphatic rings. The summed E-state index contributed by atoms with van der Waals surface area (Å²) in [5.74, 6) is 0.490. The predicted molar refractivity (Wildman–Crippen MR) is 79.3 cm³/mol. The highest BCUT2D eigenvalue weighted by atomic mass is 16.5. The number of amides is 1. The van der Waals surface area contributed by atoms with Gasteiger partial charge < -0.3 is 15.0 Å². The molecule has 1 N–H and O–H groups in total. The fraction of sp³-hybridized carbons (Fsp3) is 0.667. The molecule has 1 saturated carbocycles. The van der Waals surface area contributed by atoms with Crippen molar-refractivity contribution in [3.05, 3.63) is 17.5 Å². The van der Waals surface area contributed by atoms with Gasteiger partial charge in [0.15, 0.2) is 0 Å². The van der Waals surface area contributed by atoms with Crippen molar-refractivity contribution in [2.45, 2.75) is 44.8 Å². The topological polar surface area (TPSA) is 67.4 Å². The van der Waals surface area contributed by atoms with Crippen LogP contribution in [0.15, 0.2) is 6.07 Å². The number of hydrogen-bond acceptors (Lipinski definition) is 5. The monoisotopic (exact) mass is 290 g/mol. The van der Waals surface area contributed by atoms with Crippen molar-refractivity contribution in [3.8, 4) is 0 Å². The number of carbonyl (C=O) groups is 1. The molecule has 3 rings (SSSR count). The molecule has 114 valence electrons. The van der Waals surface area contributed by atoms with Crippen LogP contribution in [0.4, 0.5) is 5.95 Å². The summed E-state index contributed by atoms with van der Waals surface area (Å²) < 4.78 is 5.83. The van der Waals surface area contributed by atoms with Gasteiger partial charge in [-0.25, -0.2) is 9.97 Å². The molecule has 1 aliphatic heterocycles. The molecule has 0 radical (unpaired) electrons. The molecule has 21 heavy (non-hydrogen) atoms. The Morgan fingerprint density at radius 1 is 1.38 bits per heavy atom. The quantitative estimate of drug-likeness (QED) is 0.896. The number of aryl methyl sites for hydroxylation is 1. The second-order valence-electron chi connectivity index (χ2n) is 5.73. The van der Waals surface area contributed by atoms with Gasteiger partial charge in [-0.3, -0.25) is 4.79 Å². The lowest BCUT2D eigenvalue weighted by atomic mass is 9.90. The standard InChI is InChI=1S/C15H22N4O2/c1-10-9-11(18-15(16-2)17-10)14(20)19-7-8-21-13-6-4-3-5-12(13)19/h9,12-13H,3-8H2,1-2H3,(H,16,17,18)/t12-,13-/m1/s1. The van der Waals surface area contributed by atoms with E-state index in [1.54, 1.807) is 13.1 Å². The van der Waals surface area contributed by atoms with Crippen LogP contribution in [0.1, 0.15) is 41.9 Å². The van der Waals surface area contributed by atoms with E-state index < -0.39 is 0 Å². The van der Waals surface area contributed by atoms with Gasteiger partial charge in [0, 0.05) is 19.3 Å². The van der Waals surface area contributed by atoms with Crippen LogP contribution < -0.4 is 5.32 Å². The predicted octanol–water partition coefficient (Wildman–Crippen LogP) is 1.61. The van der Waals surface area contributed by atoms with E-state index in [-0.39, 0.29) is 18.1 Å². The number of morpholine rings is 1. The minimum Gasteiger partial charge on any atom is -0.374 e. The number of rotatable bonds is 2. The highest BCUT2D eigenvalue weighted by Gasteiger charge is 2.37. The van der Waals surface area contributed by atoms with Crippen molar-refractivity contribution < 1.29 is 9.53 Å². The van der Waals surface area contributed by atoms with Crippen LogP contribution in [-0.4, -0.2) is 53.1 Å². The Hall–Kier alpha value is -1.69. The summed E-state index contributed by atoms with van der Waals surface area (Å²) >= 11 is 0. The maximum Gasteiger partial charge on any atom is 0.273 e. The number of ether oxygens (including phenoxy) is 1. The van der Waals surface area contributed by atoms with E-state index in [2.05, 4.69) is 15.3 Å². The maximum atomic E-state index is 12.8. The summed E-state index contributed by atoms with van der Waals surface area (Å²) in [7, 11) is 1.76. The highest BCUT2D eigenvalue weighted by Crippen LogP contribution is 2.29. The van der Waals surface area contributed by atoms with Gasteiger partial charge in [0.05, 0.1) is 18.8 Å². The lowest BCUT2D eigenvalue weighted by molar-refractivity contribution is -0.0754. The van der Waals surface area contributed by atoms with Crippen molar-refractivity contribution in [1.82, 2.24) is 14.9 Å². The number of nitrogens with one attached hydrogen (secondary N) is 1. The Morgan fingerprint density at radius 2 is 2.19 bits per heavy atom. The smallest absolute Gasteiger partial charge is 0.273 e. The van der Waals surface area contributed by atoms with E-state index in [0.717, 1.165) is 18.5 Å². The van der Waals surface area contributed by atoms with Gasteiger partial charge in [0.25, 0.3) is 5.91 Å². The van der Waals surface area contributed by atoms with Crippen LogP contribution in [0.25, 0.3) is 0 Å². The van der Waals surface area contributed by atoms with E-state index >= 15 is 0 Å². The van der Waals surface area contributed by atoms with E-state index in [1.165, 1.54) is 12.8 Å². The number of aromatic nitrogens is 2. The van der Waals surface area contributed by atoms with E-state index in [4.69, 9.17) is 4.74 Å². The number of anilines is 1. The number of hydrogen-bond donors (Lipinski definition) is 1. The van der Waals surface area contributed by atoms with Crippen LogP contribution in [0.5, 0.6) is 0 Å². The van der Waals surface area contributed by atoms with Crippen LogP contribution in [0.2, 0.25) is 0 Å². The molecule has 1 aromatic heterocycles. The van der Waals surface area contributed by atoms with Gasteiger partial charge in [-0.05, 0) is 25.8 Å². The molecule has 0 aromatic carbocycles. The van der Waals surface area contributed by atoms with Crippen molar-refractivity contribution in [2.75, 3.05) is 25.5 Å². The minimum atomic E-state index is -0.00259. The van der Waals surface area contributed by atoms with Crippen LogP contribution >= 0.6 is 0 Å². The molecule has 6 nitrogen and oxygen atoms in total. The second kappa shape index (κ2) is 5.97. The average Bonchev–Trinajstić information content (AvgIpc) is 2.53. The van der Waals surface area contributed by atoms with Gasteiger partial charge >= 0.3 is 0 Å². The van der Waals surface area contributed by atoms with Crippen molar-refractivity contribution in [1.29, 1.82) is 0 Å². The SMILES string of the molecule is CNc1nc(C)cc(C(=O)N2CCO[C@@H]3CCCC[C@H]32)n1. The summed E-state index contributed by atoms with van der Waals surface area (Å²) in [6.45, 7) is 3.15. The average molecular weight is 290 g/mol. The Labute approximate surface area is 124 Å². The molecule has 0 unspecified atom stereocenters. The highest BCUT2D eigenvalue weighted by molar-refractivity contribution is 5.93. The zero-order chi connectivity index (χ0) is 14.8. The second-order valence-corrected chi connectivity index (χ2v) is 5.73. The Morgan fingerprint density at radius 3 is 3.00 bits per heavy atom. The van der Waals surface area contributed by atoms with Crippen molar-refractivity contribution in [2.24, 2.45) is 0 Å². The fourth-order valence-electron chi connectivity index (χ4n) is 3.29. The van der Waals surface area contributed by atoms with Gasteiger partial charge in [-0.2, -0.15) is 0 Å². The lowest BCUT2D eigenvalue weighted by Gasteiger charge is -2.43. The summed E-state index contributed by atoms with van der Waals surface area (Å²) in [6.07, 6.45) is 4.64. The first kappa shape index (κ1) is 14.3. The molecule has 2 fully saturated rings. The van der Waals surface area contributed by atoms with E-state index in [1.807, 2.05) is 11.8 Å². The first-order valence-electron chi connectivity index (χ1n) is 7.65. The zero-order valence-electron chi connectivity index (χ0n) is 12.6. The summed E-state index contributed by atoms with van der Waals surface area (Å²) in [6, 6.07) is 1.96. The molecule has 2 heterocycles.